The molecule has 0 aromatic heterocycles. The minimum atomic E-state index is -4.02. The molecule has 0 aliphatic heterocycles. The highest BCUT2D eigenvalue weighted by Gasteiger charge is 2.31. The number of carbonyl (C=O) groups is 2. The van der Waals surface area contributed by atoms with E-state index in [-0.39, 0.29) is 29.8 Å². The minimum Gasteiger partial charge on any atom is -0.463 e. The third-order valence-electron chi connectivity index (χ3n) is 5.15. The van der Waals surface area contributed by atoms with Crippen LogP contribution in [0.4, 0.5) is 0 Å². The number of hydrogen-bond acceptors (Lipinski definition) is 8. The fourth-order valence-electron chi connectivity index (χ4n) is 3.49. The van der Waals surface area contributed by atoms with E-state index in [0.717, 1.165) is 5.56 Å². The molecular weight excluding hydrogens is 482 g/mol. The lowest BCUT2D eigenvalue weighted by Gasteiger charge is -2.23. The number of esters is 2. The van der Waals surface area contributed by atoms with Crippen molar-refractivity contribution in [2.24, 2.45) is 5.73 Å². The van der Waals surface area contributed by atoms with Gasteiger partial charge in [0.1, 0.15) is 17.3 Å². The molecule has 0 radical (unpaired) electrons. The zero-order valence-electron chi connectivity index (χ0n) is 20.1. The van der Waals surface area contributed by atoms with Crippen LogP contribution in [0.2, 0.25) is 0 Å². The number of ether oxygens (including phenoxy) is 2. The number of benzene rings is 3. The van der Waals surface area contributed by atoms with Crippen molar-refractivity contribution in [3.05, 3.63) is 96.1 Å². The molecule has 2 unspecified atom stereocenters. The van der Waals surface area contributed by atoms with E-state index in [2.05, 4.69) is 0 Å². The number of carbonyl (C=O) groups excluding carboxylic acids is 2. The molecule has 190 valence electrons. The molecule has 3 rings (SSSR count). The van der Waals surface area contributed by atoms with E-state index in [1.807, 2.05) is 30.3 Å². The first-order valence-electron chi connectivity index (χ1n) is 11.4. The minimum absolute atomic E-state index is 0.0159. The van der Waals surface area contributed by atoms with Gasteiger partial charge in [-0.05, 0) is 49.2 Å². The topological polar surface area (TPSA) is 122 Å². The maximum Gasteiger partial charge on any atom is 0.339 e. The Morgan fingerprint density at radius 1 is 0.861 bits per heavy atom. The average molecular weight is 512 g/mol. The average Bonchev–Trinajstić information content (AvgIpc) is 2.84. The molecule has 0 aliphatic carbocycles. The molecular formula is C27H29NO7S. The van der Waals surface area contributed by atoms with Gasteiger partial charge in [-0.15, -0.1) is 0 Å². The van der Waals surface area contributed by atoms with Crippen molar-refractivity contribution < 1.29 is 31.7 Å². The molecule has 0 saturated carbocycles. The van der Waals surface area contributed by atoms with Crippen LogP contribution >= 0.6 is 0 Å². The second-order valence-corrected chi connectivity index (χ2v) is 9.94. The molecule has 2 N–H and O–H groups in total. The zero-order chi connectivity index (χ0) is 26.1. The summed E-state index contributed by atoms with van der Waals surface area (Å²) in [6.07, 6.45) is -0.527. The molecule has 0 heterocycles. The van der Waals surface area contributed by atoms with Crippen LogP contribution in [-0.4, -0.2) is 32.5 Å². The van der Waals surface area contributed by atoms with Crippen molar-refractivity contribution in [1.29, 1.82) is 0 Å². The van der Waals surface area contributed by atoms with E-state index in [9.17, 15) is 18.0 Å². The first kappa shape index (κ1) is 26.9. The van der Waals surface area contributed by atoms with Gasteiger partial charge in [-0.2, -0.15) is 8.42 Å². The van der Waals surface area contributed by atoms with Crippen molar-refractivity contribution in [2.75, 3.05) is 0 Å². The van der Waals surface area contributed by atoms with Gasteiger partial charge in [-0.3, -0.25) is 9.59 Å². The maximum atomic E-state index is 13.1. The third kappa shape index (κ3) is 7.66. The highest BCUT2D eigenvalue weighted by molar-refractivity contribution is 7.87. The molecule has 0 bridgehead atoms. The van der Waals surface area contributed by atoms with Gasteiger partial charge in [-0.25, -0.2) is 0 Å². The predicted octanol–water partition coefficient (Wildman–Crippen LogP) is 3.95. The largest absolute Gasteiger partial charge is 0.463 e. The molecule has 3 aromatic rings. The number of nitrogens with two attached hydrogens (primary N) is 1. The van der Waals surface area contributed by atoms with Gasteiger partial charge in [0.05, 0.1) is 18.4 Å². The number of hydrogen-bond donors (Lipinski definition) is 1. The first-order valence-corrected chi connectivity index (χ1v) is 12.8. The zero-order valence-corrected chi connectivity index (χ0v) is 20.9. The summed E-state index contributed by atoms with van der Waals surface area (Å²) in [5, 5.41) is 0. The Hall–Kier alpha value is -3.69. The van der Waals surface area contributed by atoms with Crippen LogP contribution in [0, 0.1) is 0 Å². The molecule has 9 heteroatoms. The summed E-state index contributed by atoms with van der Waals surface area (Å²) in [7, 11) is -4.02. The summed E-state index contributed by atoms with van der Waals surface area (Å²) in [6.45, 7) is 3.48. The van der Waals surface area contributed by atoms with E-state index >= 15 is 0 Å². The normalized spacial score (nSPS) is 13.0. The third-order valence-corrected chi connectivity index (χ3v) is 6.41. The predicted molar refractivity (Wildman–Crippen MR) is 133 cm³/mol. The Kier molecular flexibility index (Phi) is 9.21. The quantitative estimate of drug-likeness (QED) is 0.303. The summed E-state index contributed by atoms with van der Waals surface area (Å²) >= 11 is 0. The molecule has 0 fully saturated rings. The summed E-state index contributed by atoms with van der Waals surface area (Å²) in [5.41, 5.74) is 7.53. The summed E-state index contributed by atoms with van der Waals surface area (Å²) in [6, 6.07) is 21.9. The van der Waals surface area contributed by atoms with Crippen molar-refractivity contribution in [1.82, 2.24) is 0 Å². The van der Waals surface area contributed by atoms with E-state index in [0.29, 0.717) is 5.56 Å². The molecule has 0 amide bonds. The van der Waals surface area contributed by atoms with Crippen molar-refractivity contribution in [2.45, 2.75) is 49.8 Å². The van der Waals surface area contributed by atoms with Crippen LogP contribution in [0.25, 0.3) is 0 Å². The monoisotopic (exact) mass is 511 g/mol. The summed E-state index contributed by atoms with van der Waals surface area (Å²) in [5.74, 6) is -2.08. The molecule has 0 aliphatic rings. The van der Waals surface area contributed by atoms with E-state index in [4.69, 9.17) is 19.4 Å². The van der Waals surface area contributed by atoms with Crippen LogP contribution in [-0.2, 0) is 35.8 Å². The standard InChI is InChI=1S/C27H29NO7S/c1-19(2)34-25(29)17-24(28)26(27(30)33-18-20-9-5-3-6-10-20)21-13-15-22(16-14-21)35-36(31,32)23-11-7-4-8-12-23/h3-16,19,24,26H,17-18,28H2,1-2H3. The molecule has 8 nitrogen and oxygen atoms in total. The van der Waals surface area contributed by atoms with Crippen molar-refractivity contribution in [3.63, 3.8) is 0 Å². The lowest BCUT2D eigenvalue weighted by atomic mass is 9.90. The molecule has 0 spiro atoms. The maximum absolute atomic E-state index is 13.1. The van der Waals surface area contributed by atoms with E-state index in [1.54, 1.807) is 32.0 Å². The summed E-state index contributed by atoms with van der Waals surface area (Å²) < 4.78 is 40.9. The van der Waals surface area contributed by atoms with Gasteiger partial charge in [-0.1, -0.05) is 60.7 Å². The lowest BCUT2D eigenvalue weighted by molar-refractivity contribution is -0.150. The highest BCUT2D eigenvalue weighted by atomic mass is 32.2. The van der Waals surface area contributed by atoms with Crippen LogP contribution < -0.4 is 9.92 Å². The fourth-order valence-corrected chi connectivity index (χ4v) is 4.44. The fraction of sp³-hybridized carbons (Fsp3) is 0.259. The molecule has 2 atom stereocenters. The van der Waals surface area contributed by atoms with Crippen LogP contribution in [0.3, 0.4) is 0 Å². The van der Waals surface area contributed by atoms with Crippen molar-refractivity contribution >= 4 is 22.1 Å². The van der Waals surface area contributed by atoms with Crippen molar-refractivity contribution in [3.8, 4) is 5.75 Å². The van der Waals surface area contributed by atoms with Gasteiger partial charge in [0, 0.05) is 6.04 Å². The van der Waals surface area contributed by atoms with Gasteiger partial charge in [0.25, 0.3) is 0 Å². The number of rotatable bonds is 11. The second-order valence-electron chi connectivity index (χ2n) is 8.40. The van der Waals surface area contributed by atoms with E-state index in [1.165, 1.54) is 36.4 Å². The van der Waals surface area contributed by atoms with Gasteiger partial charge in [0.15, 0.2) is 0 Å². The van der Waals surface area contributed by atoms with Gasteiger partial charge in [0.2, 0.25) is 0 Å². The van der Waals surface area contributed by atoms with Crippen LogP contribution in [0.1, 0.15) is 37.3 Å². The SMILES string of the molecule is CC(C)OC(=O)CC(N)C(C(=O)OCc1ccccc1)c1ccc(OS(=O)(=O)c2ccccc2)cc1. The molecule has 36 heavy (non-hydrogen) atoms. The Morgan fingerprint density at radius 3 is 2.03 bits per heavy atom. The Morgan fingerprint density at radius 2 is 1.44 bits per heavy atom. The van der Waals surface area contributed by atoms with Crippen LogP contribution in [0.5, 0.6) is 5.75 Å². The highest BCUT2D eigenvalue weighted by Crippen LogP contribution is 2.27. The first-order chi connectivity index (χ1) is 17.2. The van der Waals surface area contributed by atoms with Gasteiger partial charge < -0.3 is 19.4 Å². The van der Waals surface area contributed by atoms with Gasteiger partial charge >= 0.3 is 22.1 Å². The lowest BCUT2D eigenvalue weighted by Crippen LogP contribution is -2.37. The second kappa shape index (κ2) is 12.3. The van der Waals surface area contributed by atoms with E-state index < -0.39 is 34.0 Å². The Labute approximate surface area is 211 Å². The molecule has 0 saturated heterocycles. The van der Waals surface area contributed by atoms with Crippen LogP contribution in [0.15, 0.2) is 89.8 Å². The Bertz CT molecular complexity index is 1240. The smallest absolute Gasteiger partial charge is 0.339 e. The molecule has 3 aromatic carbocycles. The Balaban J connectivity index is 1.79. The summed E-state index contributed by atoms with van der Waals surface area (Å²) in [4.78, 5) is 25.3.